The van der Waals surface area contributed by atoms with E-state index in [0.29, 0.717) is 37.8 Å². The van der Waals surface area contributed by atoms with Crippen LogP contribution in [-0.2, 0) is 0 Å². The number of halogens is 2. The zero-order valence-electron chi connectivity index (χ0n) is 14.7. The highest BCUT2D eigenvalue weighted by Crippen LogP contribution is 2.25. The Morgan fingerprint density at radius 3 is 2.29 bits per heavy atom. The van der Waals surface area contributed by atoms with Crippen molar-refractivity contribution in [1.29, 1.82) is 0 Å². The van der Waals surface area contributed by atoms with E-state index < -0.39 is 5.97 Å². The molecular formula is C21H15BrClNO4. The van der Waals surface area contributed by atoms with Crippen LogP contribution in [0, 0.1) is 0 Å². The first kappa shape index (κ1) is 19.9. The number of hydrogen-bond acceptors (Lipinski definition) is 4. The van der Waals surface area contributed by atoms with Gasteiger partial charge in [-0.1, -0.05) is 23.7 Å². The Kier molecular flexibility index (Phi) is 6.34. The lowest BCUT2D eigenvalue weighted by Crippen LogP contribution is -2.12. The van der Waals surface area contributed by atoms with Gasteiger partial charge in [0.25, 0.3) is 5.91 Å². The molecule has 0 fully saturated rings. The van der Waals surface area contributed by atoms with Crippen molar-refractivity contribution in [2.24, 2.45) is 0 Å². The van der Waals surface area contributed by atoms with Gasteiger partial charge in [-0.15, -0.1) is 0 Å². The van der Waals surface area contributed by atoms with Gasteiger partial charge in [-0.25, -0.2) is 4.79 Å². The zero-order chi connectivity index (χ0) is 20.1. The van der Waals surface area contributed by atoms with Crippen molar-refractivity contribution >= 4 is 45.1 Å². The zero-order valence-corrected chi connectivity index (χ0v) is 17.1. The lowest BCUT2D eigenvalue weighted by Gasteiger charge is -2.09. The first-order valence-electron chi connectivity index (χ1n) is 8.19. The standard InChI is InChI=1S/C21H15BrClNO4/c1-27-15-10-11-18(22)17(12-15)21(26)28-14-8-6-13(7-9-14)24-20(25)16-4-2-3-5-19(16)23/h2-12H,1H3,(H,24,25). The molecule has 1 N–H and O–H groups in total. The summed E-state index contributed by atoms with van der Waals surface area (Å²) in [4.78, 5) is 24.7. The Labute approximate surface area is 175 Å². The van der Waals surface area contributed by atoms with Crippen LogP contribution in [0.15, 0.2) is 71.2 Å². The lowest BCUT2D eigenvalue weighted by molar-refractivity contribution is 0.0733. The molecule has 0 aromatic heterocycles. The Hall–Kier alpha value is -2.83. The van der Waals surface area contributed by atoms with Crippen LogP contribution in [0.3, 0.4) is 0 Å². The molecule has 1 amide bonds. The Morgan fingerprint density at radius 1 is 0.929 bits per heavy atom. The first-order chi connectivity index (χ1) is 13.5. The van der Waals surface area contributed by atoms with Gasteiger partial charge in [0.2, 0.25) is 0 Å². The van der Waals surface area contributed by atoms with Crippen LogP contribution in [0.5, 0.6) is 11.5 Å². The summed E-state index contributed by atoms with van der Waals surface area (Å²) in [6, 6.07) is 18.3. The summed E-state index contributed by atoms with van der Waals surface area (Å²) in [7, 11) is 1.52. The molecule has 0 bridgehead atoms. The summed E-state index contributed by atoms with van der Waals surface area (Å²) in [6.07, 6.45) is 0. The Bertz CT molecular complexity index is 1020. The average molecular weight is 461 g/mol. The average Bonchev–Trinajstić information content (AvgIpc) is 2.70. The number of methoxy groups -OCH3 is 1. The number of ether oxygens (including phenoxy) is 2. The second kappa shape index (κ2) is 8.91. The Morgan fingerprint density at radius 2 is 1.61 bits per heavy atom. The maximum absolute atomic E-state index is 12.4. The molecule has 7 heteroatoms. The molecule has 0 atom stereocenters. The van der Waals surface area contributed by atoms with Crippen molar-refractivity contribution in [1.82, 2.24) is 0 Å². The van der Waals surface area contributed by atoms with E-state index in [9.17, 15) is 9.59 Å². The van der Waals surface area contributed by atoms with Crippen LogP contribution in [0.1, 0.15) is 20.7 Å². The van der Waals surface area contributed by atoms with Crippen LogP contribution in [0.25, 0.3) is 0 Å². The Balaban J connectivity index is 1.69. The van der Waals surface area contributed by atoms with Crippen molar-refractivity contribution in [2.75, 3.05) is 12.4 Å². The molecule has 0 spiro atoms. The van der Waals surface area contributed by atoms with Crippen LogP contribution in [0.4, 0.5) is 5.69 Å². The molecular weight excluding hydrogens is 446 g/mol. The van der Waals surface area contributed by atoms with Gasteiger partial charge >= 0.3 is 5.97 Å². The minimum atomic E-state index is -0.529. The molecule has 0 radical (unpaired) electrons. The van der Waals surface area contributed by atoms with Crippen molar-refractivity contribution in [3.8, 4) is 11.5 Å². The molecule has 3 aromatic rings. The maximum atomic E-state index is 12.4. The molecule has 3 aromatic carbocycles. The molecule has 3 rings (SSSR count). The van der Waals surface area contributed by atoms with E-state index in [0.717, 1.165) is 0 Å². The summed E-state index contributed by atoms with van der Waals surface area (Å²) in [5, 5.41) is 3.12. The maximum Gasteiger partial charge on any atom is 0.344 e. The third kappa shape index (κ3) is 4.71. The predicted molar refractivity (Wildman–Crippen MR) is 111 cm³/mol. The molecule has 0 aliphatic carbocycles. The number of amides is 1. The second-order valence-corrected chi connectivity index (χ2v) is 6.96. The smallest absolute Gasteiger partial charge is 0.344 e. The molecule has 0 saturated carbocycles. The molecule has 0 aliphatic rings. The summed E-state index contributed by atoms with van der Waals surface area (Å²) >= 11 is 9.36. The van der Waals surface area contributed by atoms with Crippen molar-refractivity contribution in [3.05, 3.63) is 87.4 Å². The largest absolute Gasteiger partial charge is 0.497 e. The number of nitrogens with one attached hydrogen (secondary N) is 1. The number of hydrogen-bond donors (Lipinski definition) is 1. The number of esters is 1. The van der Waals surface area contributed by atoms with Crippen molar-refractivity contribution < 1.29 is 19.1 Å². The van der Waals surface area contributed by atoms with Crippen LogP contribution < -0.4 is 14.8 Å². The predicted octanol–water partition coefficient (Wildman–Crippen LogP) is 5.58. The third-order valence-electron chi connectivity index (χ3n) is 3.83. The normalized spacial score (nSPS) is 10.2. The highest BCUT2D eigenvalue weighted by Gasteiger charge is 2.14. The number of anilines is 1. The van der Waals surface area contributed by atoms with Crippen LogP contribution >= 0.6 is 27.5 Å². The summed E-state index contributed by atoms with van der Waals surface area (Å²) in [6.45, 7) is 0. The van der Waals surface area contributed by atoms with Crippen molar-refractivity contribution in [2.45, 2.75) is 0 Å². The second-order valence-electron chi connectivity index (χ2n) is 5.69. The van der Waals surface area contributed by atoms with Gasteiger partial charge in [-0.3, -0.25) is 4.79 Å². The number of carbonyl (C=O) groups is 2. The monoisotopic (exact) mass is 459 g/mol. The molecule has 0 heterocycles. The van der Waals surface area contributed by atoms with Crippen molar-refractivity contribution in [3.63, 3.8) is 0 Å². The van der Waals surface area contributed by atoms with Crippen LogP contribution in [-0.4, -0.2) is 19.0 Å². The number of carbonyl (C=O) groups excluding carboxylic acids is 2. The van der Waals surface area contributed by atoms with Crippen LogP contribution in [0.2, 0.25) is 5.02 Å². The molecule has 0 unspecified atom stereocenters. The number of benzene rings is 3. The van der Waals surface area contributed by atoms with Gasteiger partial charge in [0.05, 0.1) is 23.3 Å². The van der Waals surface area contributed by atoms with Gasteiger partial charge in [0.15, 0.2) is 0 Å². The van der Waals surface area contributed by atoms with E-state index >= 15 is 0 Å². The highest BCUT2D eigenvalue weighted by atomic mass is 79.9. The van der Waals surface area contributed by atoms with Gasteiger partial charge < -0.3 is 14.8 Å². The quantitative estimate of drug-likeness (QED) is 0.399. The van der Waals surface area contributed by atoms with Gasteiger partial charge in [-0.2, -0.15) is 0 Å². The fourth-order valence-corrected chi connectivity index (χ4v) is 3.03. The summed E-state index contributed by atoms with van der Waals surface area (Å²) in [5.41, 5.74) is 1.27. The molecule has 0 aliphatic heterocycles. The number of rotatable bonds is 5. The minimum Gasteiger partial charge on any atom is -0.497 e. The van der Waals surface area contributed by atoms with E-state index in [1.807, 2.05) is 0 Å². The summed E-state index contributed by atoms with van der Waals surface area (Å²) in [5.74, 6) is 0.0394. The third-order valence-corrected chi connectivity index (χ3v) is 4.86. The fourth-order valence-electron chi connectivity index (χ4n) is 2.40. The first-order valence-corrected chi connectivity index (χ1v) is 9.36. The SMILES string of the molecule is COc1ccc(Br)c(C(=O)Oc2ccc(NC(=O)c3ccccc3Cl)cc2)c1. The topological polar surface area (TPSA) is 64.6 Å². The van der Waals surface area contributed by atoms with Gasteiger partial charge in [-0.05, 0) is 70.5 Å². The van der Waals surface area contributed by atoms with E-state index in [1.165, 1.54) is 7.11 Å². The highest BCUT2D eigenvalue weighted by molar-refractivity contribution is 9.10. The molecule has 5 nitrogen and oxygen atoms in total. The van der Waals surface area contributed by atoms with E-state index in [1.54, 1.807) is 66.7 Å². The lowest BCUT2D eigenvalue weighted by atomic mass is 10.2. The van der Waals surface area contributed by atoms with Gasteiger partial charge in [0, 0.05) is 10.2 Å². The molecule has 0 saturated heterocycles. The molecule has 142 valence electrons. The van der Waals surface area contributed by atoms with E-state index in [2.05, 4.69) is 21.2 Å². The van der Waals surface area contributed by atoms with E-state index in [-0.39, 0.29) is 5.91 Å². The van der Waals surface area contributed by atoms with E-state index in [4.69, 9.17) is 21.1 Å². The fraction of sp³-hybridized carbons (Fsp3) is 0.0476. The minimum absolute atomic E-state index is 0.323. The summed E-state index contributed by atoms with van der Waals surface area (Å²) < 4.78 is 11.1. The van der Waals surface area contributed by atoms with Gasteiger partial charge in [0.1, 0.15) is 11.5 Å². The molecule has 28 heavy (non-hydrogen) atoms.